The maximum atomic E-state index is 13.5. The van der Waals surface area contributed by atoms with E-state index < -0.39 is 5.54 Å². The predicted octanol–water partition coefficient (Wildman–Crippen LogP) is 2.81. The zero-order chi connectivity index (χ0) is 14.8. The van der Waals surface area contributed by atoms with Gasteiger partial charge in [-0.15, -0.1) is 0 Å². The molecule has 2 rings (SSSR count). The highest BCUT2D eigenvalue weighted by molar-refractivity contribution is 9.10. The number of ether oxygens (including phenoxy) is 1. The van der Waals surface area contributed by atoms with E-state index in [1.807, 2.05) is 13.8 Å². The summed E-state index contributed by atoms with van der Waals surface area (Å²) in [5, 5.41) is 0. The Bertz CT molecular complexity index is 499. The third kappa shape index (κ3) is 3.27. The minimum atomic E-state index is -0.560. The van der Waals surface area contributed by atoms with Gasteiger partial charge in [0, 0.05) is 19.5 Å². The van der Waals surface area contributed by atoms with Crippen LogP contribution in [0.1, 0.15) is 19.4 Å². The van der Waals surface area contributed by atoms with Crippen molar-refractivity contribution in [2.24, 2.45) is 0 Å². The van der Waals surface area contributed by atoms with Gasteiger partial charge in [0.2, 0.25) is 0 Å². The van der Waals surface area contributed by atoms with Crippen molar-refractivity contribution in [3.05, 3.63) is 34.1 Å². The normalized spacial score (nSPS) is 17.2. The van der Waals surface area contributed by atoms with E-state index in [9.17, 15) is 9.18 Å². The summed E-state index contributed by atoms with van der Waals surface area (Å²) in [6.07, 6.45) is 0.225. The standard InChI is InChI=1S/C15H19BrFNO2/c1-15(2,18-6-8-20-9-7-18)13(19)10-11-4-3-5-12(17)14(11)16/h3-5H,6-10H2,1-2H3. The molecule has 1 saturated heterocycles. The summed E-state index contributed by atoms with van der Waals surface area (Å²) in [5.74, 6) is -0.245. The first-order chi connectivity index (χ1) is 9.43. The van der Waals surface area contributed by atoms with Crippen LogP contribution in [0.15, 0.2) is 22.7 Å². The van der Waals surface area contributed by atoms with Crippen LogP contribution in [0.5, 0.6) is 0 Å². The Hall–Kier alpha value is -0.780. The van der Waals surface area contributed by atoms with E-state index in [4.69, 9.17) is 4.74 Å². The minimum Gasteiger partial charge on any atom is -0.379 e. The average molecular weight is 344 g/mol. The van der Waals surface area contributed by atoms with Crippen molar-refractivity contribution in [3.63, 3.8) is 0 Å². The Morgan fingerprint density at radius 1 is 1.40 bits per heavy atom. The number of rotatable bonds is 4. The van der Waals surface area contributed by atoms with Crippen LogP contribution in [0.4, 0.5) is 4.39 Å². The largest absolute Gasteiger partial charge is 0.379 e. The Morgan fingerprint density at radius 2 is 2.05 bits per heavy atom. The quantitative estimate of drug-likeness (QED) is 0.841. The van der Waals surface area contributed by atoms with Crippen molar-refractivity contribution in [2.45, 2.75) is 25.8 Å². The zero-order valence-corrected chi connectivity index (χ0v) is 13.4. The molecular weight excluding hydrogens is 325 g/mol. The molecular formula is C15H19BrFNO2. The van der Waals surface area contributed by atoms with Gasteiger partial charge in [-0.2, -0.15) is 0 Å². The van der Waals surface area contributed by atoms with Gasteiger partial charge in [0.15, 0.2) is 5.78 Å². The van der Waals surface area contributed by atoms with Crippen LogP contribution in [0.3, 0.4) is 0 Å². The highest BCUT2D eigenvalue weighted by Gasteiger charge is 2.35. The molecule has 20 heavy (non-hydrogen) atoms. The monoisotopic (exact) mass is 343 g/mol. The van der Waals surface area contributed by atoms with E-state index in [0.29, 0.717) is 23.2 Å². The predicted molar refractivity (Wildman–Crippen MR) is 79.3 cm³/mol. The summed E-state index contributed by atoms with van der Waals surface area (Å²) >= 11 is 3.21. The molecule has 110 valence electrons. The van der Waals surface area contributed by atoms with Crippen molar-refractivity contribution in [1.82, 2.24) is 4.90 Å². The number of carbonyl (C=O) groups excluding carboxylic acids is 1. The molecule has 0 spiro atoms. The minimum absolute atomic E-state index is 0.0886. The fourth-order valence-electron chi connectivity index (χ4n) is 2.37. The van der Waals surface area contributed by atoms with E-state index in [-0.39, 0.29) is 18.0 Å². The molecule has 0 aliphatic carbocycles. The third-order valence-electron chi connectivity index (χ3n) is 3.87. The number of benzene rings is 1. The molecule has 1 fully saturated rings. The van der Waals surface area contributed by atoms with Gasteiger partial charge < -0.3 is 4.74 Å². The lowest BCUT2D eigenvalue weighted by atomic mass is 9.91. The van der Waals surface area contributed by atoms with Gasteiger partial charge >= 0.3 is 0 Å². The lowest BCUT2D eigenvalue weighted by Gasteiger charge is -2.39. The lowest BCUT2D eigenvalue weighted by Crippen LogP contribution is -2.54. The number of ketones is 1. The molecule has 3 nitrogen and oxygen atoms in total. The molecule has 5 heteroatoms. The molecule has 1 aliphatic heterocycles. The molecule has 0 radical (unpaired) electrons. The second-order valence-electron chi connectivity index (χ2n) is 5.47. The van der Waals surface area contributed by atoms with E-state index in [2.05, 4.69) is 20.8 Å². The van der Waals surface area contributed by atoms with Gasteiger partial charge in [0.25, 0.3) is 0 Å². The number of hydrogen-bond acceptors (Lipinski definition) is 3. The maximum Gasteiger partial charge on any atom is 0.156 e. The van der Waals surface area contributed by atoms with Gasteiger partial charge in [-0.25, -0.2) is 4.39 Å². The van der Waals surface area contributed by atoms with Crippen molar-refractivity contribution >= 4 is 21.7 Å². The summed E-state index contributed by atoms with van der Waals surface area (Å²) in [5.41, 5.74) is 0.131. The molecule has 0 bridgehead atoms. The fourth-order valence-corrected chi connectivity index (χ4v) is 2.78. The first-order valence-electron chi connectivity index (χ1n) is 6.72. The second-order valence-corrected chi connectivity index (χ2v) is 6.26. The van der Waals surface area contributed by atoms with Crippen LogP contribution in [-0.4, -0.2) is 42.5 Å². The molecule has 0 saturated carbocycles. The summed E-state index contributed by atoms with van der Waals surface area (Å²) < 4.78 is 19.2. The first kappa shape index (κ1) is 15.6. The molecule has 1 aromatic carbocycles. The van der Waals surface area contributed by atoms with Crippen LogP contribution in [0.25, 0.3) is 0 Å². The number of halogens is 2. The average Bonchev–Trinajstić information content (AvgIpc) is 2.44. The molecule has 0 N–H and O–H groups in total. The molecule has 1 aliphatic rings. The van der Waals surface area contributed by atoms with E-state index in [1.54, 1.807) is 12.1 Å². The molecule has 0 aromatic heterocycles. The van der Waals surface area contributed by atoms with Crippen molar-refractivity contribution in [2.75, 3.05) is 26.3 Å². The molecule has 0 atom stereocenters. The summed E-state index contributed by atoms with van der Waals surface area (Å²) in [6, 6.07) is 4.79. The van der Waals surface area contributed by atoms with E-state index in [0.717, 1.165) is 13.1 Å². The van der Waals surface area contributed by atoms with Crippen molar-refractivity contribution < 1.29 is 13.9 Å². The van der Waals surface area contributed by atoms with E-state index >= 15 is 0 Å². The number of morpholine rings is 1. The van der Waals surface area contributed by atoms with Gasteiger partial charge in [0.1, 0.15) is 5.82 Å². The number of hydrogen-bond donors (Lipinski definition) is 0. The Balaban J connectivity index is 2.12. The Kier molecular flexibility index (Phi) is 4.94. The topological polar surface area (TPSA) is 29.5 Å². The van der Waals surface area contributed by atoms with Crippen LogP contribution < -0.4 is 0 Å². The highest BCUT2D eigenvalue weighted by Crippen LogP contribution is 2.25. The lowest BCUT2D eigenvalue weighted by molar-refractivity contribution is -0.131. The summed E-state index contributed by atoms with van der Waals surface area (Å²) in [6.45, 7) is 6.66. The molecule has 0 amide bonds. The SMILES string of the molecule is CC(C)(C(=O)Cc1cccc(F)c1Br)N1CCOCC1. The van der Waals surface area contributed by atoms with Crippen LogP contribution in [0, 0.1) is 5.82 Å². The maximum absolute atomic E-state index is 13.5. The molecule has 0 unspecified atom stereocenters. The number of carbonyl (C=O) groups is 1. The van der Waals surface area contributed by atoms with Crippen LogP contribution in [0.2, 0.25) is 0 Å². The first-order valence-corrected chi connectivity index (χ1v) is 7.51. The van der Waals surface area contributed by atoms with Gasteiger partial charge in [0.05, 0.1) is 23.2 Å². The van der Waals surface area contributed by atoms with Crippen molar-refractivity contribution in [1.29, 1.82) is 0 Å². The Morgan fingerprint density at radius 3 is 2.70 bits per heavy atom. The van der Waals surface area contributed by atoms with E-state index in [1.165, 1.54) is 6.07 Å². The summed E-state index contributed by atoms with van der Waals surface area (Å²) in [7, 11) is 0. The fraction of sp³-hybridized carbons (Fsp3) is 0.533. The Labute approximate surface area is 127 Å². The molecule has 1 heterocycles. The van der Waals surface area contributed by atoms with Gasteiger partial charge in [-0.3, -0.25) is 9.69 Å². The van der Waals surface area contributed by atoms with Crippen LogP contribution >= 0.6 is 15.9 Å². The van der Waals surface area contributed by atoms with Gasteiger partial charge in [-0.05, 0) is 41.4 Å². The van der Waals surface area contributed by atoms with Crippen LogP contribution in [-0.2, 0) is 16.0 Å². The second kappa shape index (κ2) is 6.33. The number of nitrogens with zero attached hydrogens (tertiary/aromatic N) is 1. The van der Waals surface area contributed by atoms with Gasteiger partial charge in [-0.1, -0.05) is 12.1 Å². The molecule has 1 aromatic rings. The smallest absolute Gasteiger partial charge is 0.156 e. The summed E-state index contributed by atoms with van der Waals surface area (Å²) in [4.78, 5) is 14.7. The highest BCUT2D eigenvalue weighted by atomic mass is 79.9. The number of Topliss-reactive ketones (excluding diaryl/α,β-unsaturated/α-hetero) is 1. The van der Waals surface area contributed by atoms with Crippen molar-refractivity contribution in [3.8, 4) is 0 Å². The third-order valence-corrected chi connectivity index (χ3v) is 4.75. The zero-order valence-electron chi connectivity index (χ0n) is 11.8.